The summed E-state index contributed by atoms with van der Waals surface area (Å²) in [6.45, 7) is 10.7. The fraction of sp³-hybridized carbons (Fsp3) is 0.750. The van der Waals surface area contributed by atoms with Gasteiger partial charge in [0.25, 0.3) is 0 Å². The van der Waals surface area contributed by atoms with Gasteiger partial charge in [0.2, 0.25) is 0 Å². The summed E-state index contributed by atoms with van der Waals surface area (Å²) >= 11 is 0. The summed E-state index contributed by atoms with van der Waals surface area (Å²) in [4.78, 5) is 0. The predicted octanol–water partition coefficient (Wildman–Crippen LogP) is 2.46. The van der Waals surface area contributed by atoms with E-state index in [9.17, 15) is 0 Å². The van der Waals surface area contributed by atoms with Crippen LogP contribution in [0.1, 0.15) is 32.9 Å². The number of hydrogen-bond donors (Lipinski definition) is 2. The zero-order valence-electron chi connectivity index (χ0n) is 10.7. The molecule has 16 heavy (non-hydrogen) atoms. The quantitative estimate of drug-likeness (QED) is 0.807. The van der Waals surface area contributed by atoms with Gasteiger partial charge >= 0.3 is 0 Å². The van der Waals surface area contributed by atoms with Gasteiger partial charge in [-0.2, -0.15) is 5.10 Å². The zero-order valence-corrected chi connectivity index (χ0v) is 10.7. The lowest BCUT2D eigenvalue weighted by Gasteiger charge is -2.21. The van der Waals surface area contributed by atoms with Gasteiger partial charge in [0, 0.05) is 19.1 Å². The largest absolute Gasteiger partial charge is 0.380 e. The first kappa shape index (κ1) is 11.3. The van der Waals surface area contributed by atoms with Crippen LogP contribution < -0.4 is 10.6 Å². The van der Waals surface area contributed by atoms with Crippen LogP contribution >= 0.6 is 0 Å². The Balaban J connectivity index is 2.34. The normalized spacial score (nSPS) is 19.9. The molecule has 2 heterocycles. The summed E-state index contributed by atoms with van der Waals surface area (Å²) in [5.41, 5.74) is 2.28. The van der Waals surface area contributed by atoms with Gasteiger partial charge < -0.3 is 10.6 Å². The van der Waals surface area contributed by atoms with Gasteiger partial charge in [-0.05, 0) is 26.2 Å². The molecule has 1 atom stereocenters. The number of anilines is 2. The molecule has 1 aliphatic heterocycles. The van der Waals surface area contributed by atoms with Gasteiger partial charge in [0.15, 0.2) is 0 Å². The molecule has 0 aliphatic carbocycles. The fourth-order valence-electron chi connectivity index (χ4n) is 2.27. The minimum Gasteiger partial charge on any atom is -0.380 e. The lowest BCUT2D eigenvalue weighted by atomic mass is 10.0. The molecule has 0 bridgehead atoms. The van der Waals surface area contributed by atoms with E-state index in [1.54, 1.807) is 0 Å². The van der Waals surface area contributed by atoms with E-state index >= 15 is 0 Å². The van der Waals surface area contributed by atoms with Crippen molar-refractivity contribution in [1.82, 2.24) is 9.78 Å². The van der Waals surface area contributed by atoms with Crippen LogP contribution in [0, 0.1) is 12.8 Å². The highest BCUT2D eigenvalue weighted by molar-refractivity contribution is 5.69. The molecule has 0 spiro atoms. The van der Waals surface area contributed by atoms with E-state index in [2.05, 4.69) is 48.1 Å². The molecule has 1 unspecified atom stereocenters. The van der Waals surface area contributed by atoms with Gasteiger partial charge in [-0.15, -0.1) is 0 Å². The van der Waals surface area contributed by atoms with E-state index in [4.69, 9.17) is 0 Å². The van der Waals surface area contributed by atoms with E-state index in [-0.39, 0.29) is 0 Å². The molecular weight excluding hydrogens is 200 g/mol. The molecule has 1 aromatic rings. The topological polar surface area (TPSA) is 41.9 Å². The van der Waals surface area contributed by atoms with E-state index in [0.717, 1.165) is 31.0 Å². The second-order valence-electron chi connectivity index (χ2n) is 4.84. The second kappa shape index (κ2) is 4.36. The van der Waals surface area contributed by atoms with Gasteiger partial charge in [-0.3, -0.25) is 0 Å². The van der Waals surface area contributed by atoms with Crippen molar-refractivity contribution in [2.75, 3.05) is 17.2 Å². The highest BCUT2D eigenvalue weighted by atomic mass is 15.4. The van der Waals surface area contributed by atoms with Crippen LogP contribution in [0.4, 0.5) is 11.5 Å². The van der Waals surface area contributed by atoms with Gasteiger partial charge in [-0.1, -0.05) is 13.8 Å². The number of nitrogens with zero attached hydrogens (tertiary/aromatic N) is 2. The van der Waals surface area contributed by atoms with Crippen LogP contribution in [0.15, 0.2) is 0 Å². The van der Waals surface area contributed by atoms with E-state index < -0.39 is 0 Å². The van der Waals surface area contributed by atoms with Crippen LogP contribution in [0.2, 0.25) is 0 Å². The van der Waals surface area contributed by atoms with Crippen molar-refractivity contribution in [3.05, 3.63) is 5.69 Å². The Hall–Kier alpha value is -1.19. The number of rotatable bonds is 2. The van der Waals surface area contributed by atoms with Crippen molar-refractivity contribution in [1.29, 1.82) is 0 Å². The van der Waals surface area contributed by atoms with Crippen LogP contribution in [0.25, 0.3) is 0 Å². The Morgan fingerprint density at radius 1 is 1.50 bits per heavy atom. The molecule has 1 aromatic heterocycles. The molecule has 0 fully saturated rings. The molecule has 1 aliphatic rings. The maximum Gasteiger partial charge on any atom is 0.148 e. The Kier molecular flexibility index (Phi) is 3.08. The zero-order chi connectivity index (χ0) is 11.7. The summed E-state index contributed by atoms with van der Waals surface area (Å²) in [6, 6.07) is 0.537. The molecule has 4 nitrogen and oxygen atoms in total. The van der Waals surface area contributed by atoms with E-state index in [1.165, 1.54) is 5.69 Å². The molecule has 0 aromatic carbocycles. The number of hydrogen-bond acceptors (Lipinski definition) is 3. The minimum absolute atomic E-state index is 0.537. The van der Waals surface area contributed by atoms with E-state index in [0.29, 0.717) is 12.0 Å². The molecule has 0 amide bonds. The summed E-state index contributed by atoms with van der Waals surface area (Å²) in [6.07, 6.45) is 1.16. The van der Waals surface area contributed by atoms with Gasteiger partial charge in [0.1, 0.15) is 11.5 Å². The van der Waals surface area contributed by atoms with Crippen LogP contribution in [0.3, 0.4) is 0 Å². The van der Waals surface area contributed by atoms with Crippen molar-refractivity contribution < 1.29 is 0 Å². The highest BCUT2D eigenvalue weighted by Crippen LogP contribution is 2.30. The van der Waals surface area contributed by atoms with Crippen LogP contribution in [-0.4, -0.2) is 22.4 Å². The number of nitrogens with one attached hydrogen (secondary N) is 2. The molecule has 2 rings (SSSR count). The molecule has 2 N–H and O–H groups in total. The van der Waals surface area contributed by atoms with Crippen molar-refractivity contribution in [2.24, 2.45) is 5.92 Å². The first-order valence-electron chi connectivity index (χ1n) is 6.21. The molecule has 0 saturated heterocycles. The van der Waals surface area contributed by atoms with Crippen molar-refractivity contribution in [2.45, 2.75) is 46.7 Å². The Morgan fingerprint density at radius 3 is 2.88 bits per heavy atom. The van der Waals surface area contributed by atoms with Gasteiger partial charge in [-0.25, -0.2) is 4.68 Å². The lowest BCUT2D eigenvalue weighted by molar-refractivity contribution is 0.500. The fourth-order valence-corrected chi connectivity index (χ4v) is 2.27. The third kappa shape index (κ3) is 1.88. The van der Waals surface area contributed by atoms with Crippen LogP contribution in [0.5, 0.6) is 0 Å². The average Bonchev–Trinajstić information content (AvgIpc) is 2.46. The van der Waals surface area contributed by atoms with Gasteiger partial charge in [0.05, 0.1) is 5.69 Å². The molecular formula is C12H22N4. The number of aryl methyl sites for hydroxylation is 2. The average molecular weight is 222 g/mol. The summed E-state index contributed by atoms with van der Waals surface area (Å²) < 4.78 is 2.05. The molecule has 0 saturated carbocycles. The van der Waals surface area contributed by atoms with Crippen molar-refractivity contribution in [3.63, 3.8) is 0 Å². The summed E-state index contributed by atoms with van der Waals surface area (Å²) in [5, 5.41) is 11.7. The van der Waals surface area contributed by atoms with Crippen LogP contribution in [-0.2, 0) is 6.54 Å². The lowest BCUT2D eigenvalue weighted by Crippen LogP contribution is -2.27. The Morgan fingerprint density at radius 2 is 2.25 bits per heavy atom. The smallest absolute Gasteiger partial charge is 0.148 e. The molecule has 90 valence electrons. The van der Waals surface area contributed by atoms with Crippen molar-refractivity contribution >= 4 is 11.5 Å². The molecule has 0 radical (unpaired) electrons. The third-order valence-electron chi connectivity index (χ3n) is 3.31. The second-order valence-corrected chi connectivity index (χ2v) is 4.84. The summed E-state index contributed by atoms with van der Waals surface area (Å²) in [5.74, 6) is 1.81. The minimum atomic E-state index is 0.537. The first-order valence-corrected chi connectivity index (χ1v) is 6.21. The number of aromatic nitrogens is 2. The number of fused-ring (bicyclic) bond motifs is 1. The monoisotopic (exact) mass is 222 g/mol. The maximum absolute atomic E-state index is 4.54. The van der Waals surface area contributed by atoms with Crippen molar-refractivity contribution in [3.8, 4) is 0 Å². The van der Waals surface area contributed by atoms with E-state index in [1.807, 2.05) is 0 Å². The SMILES string of the molecule is CCn1nc(C)c2c1NC(C(C)C)CCN2. The highest BCUT2D eigenvalue weighted by Gasteiger charge is 2.23. The third-order valence-corrected chi connectivity index (χ3v) is 3.31. The summed E-state index contributed by atoms with van der Waals surface area (Å²) in [7, 11) is 0. The standard InChI is InChI=1S/C12H22N4/c1-5-16-12-11(9(4)15-16)13-7-6-10(14-12)8(2)3/h8,10,13-14H,5-7H2,1-4H3. The molecule has 4 heteroatoms. The maximum atomic E-state index is 4.54. The Bertz CT molecular complexity index is 367. The predicted molar refractivity (Wildman–Crippen MR) is 68.0 cm³/mol. The first-order chi connectivity index (χ1) is 7.63. The Labute approximate surface area is 97.4 Å².